The van der Waals surface area contributed by atoms with Gasteiger partial charge < -0.3 is 4.74 Å². The zero-order chi connectivity index (χ0) is 24.0. The number of hydrogen-bond donors (Lipinski definition) is 1. The highest BCUT2D eigenvalue weighted by Crippen LogP contribution is 2.30. The van der Waals surface area contributed by atoms with Crippen LogP contribution in [0.3, 0.4) is 0 Å². The maximum Gasteiger partial charge on any atom is 0.416 e. The minimum absolute atomic E-state index is 0.151. The van der Waals surface area contributed by atoms with Crippen LogP contribution in [0.5, 0.6) is 5.75 Å². The number of nitrogens with zero attached hydrogens (tertiary/aromatic N) is 2. The van der Waals surface area contributed by atoms with Crippen LogP contribution in [0.25, 0.3) is 0 Å². The van der Waals surface area contributed by atoms with Gasteiger partial charge in [-0.15, -0.1) is 0 Å². The summed E-state index contributed by atoms with van der Waals surface area (Å²) in [7, 11) is 0. The number of carbonyl (C=O) groups excluding carboxylic acids is 1. The highest BCUT2D eigenvalue weighted by molar-refractivity contribution is 14.1. The number of rotatable bonds is 6. The molecule has 0 bridgehead atoms. The van der Waals surface area contributed by atoms with E-state index in [2.05, 4.69) is 61.8 Å². The fourth-order valence-electron chi connectivity index (χ4n) is 2.80. The molecule has 0 aromatic heterocycles. The number of benzene rings is 3. The summed E-state index contributed by atoms with van der Waals surface area (Å²) >= 11 is 4.23. The molecule has 0 heterocycles. The minimum Gasteiger partial charge on any atom is -0.487 e. The maximum absolute atomic E-state index is 12.9. The van der Waals surface area contributed by atoms with Gasteiger partial charge in [0.2, 0.25) is 0 Å². The summed E-state index contributed by atoms with van der Waals surface area (Å²) < 4.78 is 46.3. The lowest BCUT2D eigenvalue weighted by molar-refractivity contribution is -0.137. The summed E-state index contributed by atoms with van der Waals surface area (Å²) in [5.41, 5.74) is 2.94. The predicted octanol–water partition coefficient (Wildman–Crippen LogP) is 6.13. The van der Waals surface area contributed by atoms with Crippen LogP contribution < -0.4 is 10.2 Å². The summed E-state index contributed by atoms with van der Waals surface area (Å²) in [6.45, 7) is 0.151. The number of amides is 1. The van der Waals surface area contributed by atoms with Gasteiger partial charge in [0.1, 0.15) is 12.4 Å². The Morgan fingerprint density at radius 2 is 1.88 bits per heavy atom. The molecule has 3 aromatic carbocycles. The topological polar surface area (TPSA) is 74.5 Å². The number of hydrogen-bond acceptors (Lipinski definition) is 4. The number of halogens is 5. The molecule has 3 rings (SSSR count). The third kappa shape index (κ3) is 6.67. The SMILES string of the molecule is N#Cc1ccccc1COc1c(I)cc(I)cc1/C=N\NC(=O)c1cccc(C(F)(F)F)c1. The molecule has 1 amide bonds. The van der Waals surface area contributed by atoms with Gasteiger partial charge in [-0.3, -0.25) is 4.79 Å². The van der Waals surface area contributed by atoms with E-state index in [1.54, 1.807) is 24.3 Å². The molecule has 168 valence electrons. The summed E-state index contributed by atoms with van der Waals surface area (Å²) in [6.07, 6.45) is -3.19. The van der Waals surface area contributed by atoms with Crippen molar-refractivity contribution in [1.82, 2.24) is 5.43 Å². The van der Waals surface area contributed by atoms with Gasteiger partial charge in [-0.25, -0.2) is 5.43 Å². The molecule has 0 unspecified atom stereocenters. The Morgan fingerprint density at radius 1 is 1.12 bits per heavy atom. The van der Waals surface area contributed by atoms with Crippen molar-refractivity contribution < 1.29 is 22.7 Å². The van der Waals surface area contributed by atoms with E-state index in [1.165, 1.54) is 12.3 Å². The van der Waals surface area contributed by atoms with E-state index in [0.29, 0.717) is 16.9 Å². The van der Waals surface area contributed by atoms with Crippen LogP contribution >= 0.6 is 45.2 Å². The average Bonchev–Trinajstić information content (AvgIpc) is 2.78. The van der Waals surface area contributed by atoms with Gasteiger partial charge in [0.25, 0.3) is 5.91 Å². The second-order valence-electron chi connectivity index (χ2n) is 6.64. The van der Waals surface area contributed by atoms with Crippen molar-refractivity contribution in [3.8, 4) is 11.8 Å². The third-order valence-electron chi connectivity index (χ3n) is 4.37. The molecule has 0 radical (unpaired) electrons. The van der Waals surface area contributed by atoms with Crippen LogP contribution in [-0.2, 0) is 12.8 Å². The van der Waals surface area contributed by atoms with Crippen molar-refractivity contribution in [3.63, 3.8) is 0 Å². The summed E-state index contributed by atoms with van der Waals surface area (Å²) in [5.74, 6) is -0.274. The molecule has 0 aliphatic rings. The third-order valence-corrected chi connectivity index (χ3v) is 5.79. The molecule has 0 aliphatic heterocycles. The van der Waals surface area contributed by atoms with Crippen molar-refractivity contribution in [2.24, 2.45) is 5.10 Å². The first-order valence-corrected chi connectivity index (χ1v) is 11.5. The lowest BCUT2D eigenvalue weighted by Crippen LogP contribution is -2.18. The Hall–Kier alpha value is -2.66. The van der Waals surface area contributed by atoms with Crippen molar-refractivity contribution in [2.75, 3.05) is 0 Å². The van der Waals surface area contributed by atoms with E-state index in [1.807, 2.05) is 12.1 Å². The Balaban J connectivity index is 1.78. The molecule has 0 saturated carbocycles. The zero-order valence-electron chi connectivity index (χ0n) is 16.7. The van der Waals surface area contributed by atoms with Crippen LogP contribution in [0.1, 0.15) is 32.6 Å². The highest BCUT2D eigenvalue weighted by Gasteiger charge is 2.30. The molecular weight excluding hydrogens is 661 g/mol. The largest absolute Gasteiger partial charge is 0.487 e. The first kappa shape index (κ1) is 25.0. The normalized spacial score (nSPS) is 11.3. The van der Waals surface area contributed by atoms with E-state index in [4.69, 9.17) is 4.74 Å². The second kappa shape index (κ2) is 11.0. The van der Waals surface area contributed by atoms with Crippen LogP contribution in [0.15, 0.2) is 65.8 Å². The molecule has 0 fully saturated rings. The lowest BCUT2D eigenvalue weighted by atomic mass is 10.1. The Morgan fingerprint density at radius 3 is 2.61 bits per heavy atom. The smallest absolute Gasteiger partial charge is 0.416 e. The summed E-state index contributed by atoms with van der Waals surface area (Å²) in [6, 6.07) is 17.0. The van der Waals surface area contributed by atoms with E-state index < -0.39 is 17.6 Å². The van der Waals surface area contributed by atoms with Crippen molar-refractivity contribution in [3.05, 3.63) is 95.6 Å². The first-order chi connectivity index (χ1) is 15.7. The second-order valence-corrected chi connectivity index (χ2v) is 9.05. The number of hydrazone groups is 1. The molecule has 0 aliphatic carbocycles. The summed E-state index contributed by atoms with van der Waals surface area (Å²) in [4.78, 5) is 12.3. The summed E-state index contributed by atoms with van der Waals surface area (Å²) in [5, 5.41) is 13.1. The van der Waals surface area contributed by atoms with Crippen LogP contribution in [0.4, 0.5) is 13.2 Å². The van der Waals surface area contributed by atoms with Crippen LogP contribution in [0.2, 0.25) is 0 Å². The molecule has 3 aromatic rings. The molecule has 10 heteroatoms. The Kier molecular flexibility index (Phi) is 8.30. The molecule has 0 saturated heterocycles. The van der Waals surface area contributed by atoms with Crippen molar-refractivity contribution in [1.29, 1.82) is 5.26 Å². The predicted molar refractivity (Wildman–Crippen MR) is 134 cm³/mol. The number of carbonyl (C=O) groups is 1. The molecular formula is C23H14F3I2N3O2. The number of alkyl halides is 3. The maximum atomic E-state index is 12.9. The average molecular weight is 675 g/mol. The van der Waals surface area contributed by atoms with Gasteiger partial charge in [-0.1, -0.05) is 24.3 Å². The van der Waals surface area contributed by atoms with Crippen LogP contribution in [0, 0.1) is 18.5 Å². The van der Waals surface area contributed by atoms with E-state index in [9.17, 15) is 23.2 Å². The monoisotopic (exact) mass is 675 g/mol. The van der Waals surface area contributed by atoms with E-state index >= 15 is 0 Å². The molecule has 1 N–H and O–H groups in total. The van der Waals surface area contributed by atoms with Crippen molar-refractivity contribution in [2.45, 2.75) is 12.8 Å². The van der Waals surface area contributed by atoms with Crippen LogP contribution in [-0.4, -0.2) is 12.1 Å². The number of ether oxygens (including phenoxy) is 1. The van der Waals surface area contributed by atoms with Gasteiger partial charge in [-0.05, 0) is 81.6 Å². The molecule has 33 heavy (non-hydrogen) atoms. The fraction of sp³-hybridized carbons (Fsp3) is 0.0870. The van der Waals surface area contributed by atoms with Crippen molar-refractivity contribution >= 4 is 57.3 Å². The number of nitriles is 1. The number of nitrogens with one attached hydrogen (secondary N) is 1. The molecule has 5 nitrogen and oxygen atoms in total. The zero-order valence-corrected chi connectivity index (χ0v) is 21.0. The van der Waals surface area contributed by atoms with E-state index in [-0.39, 0.29) is 12.2 Å². The van der Waals surface area contributed by atoms with Gasteiger partial charge in [-0.2, -0.15) is 23.5 Å². The lowest BCUT2D eigenvalue weighted by Gasteiger charge is -2.13. The minimum atomic E-state index is -4.55. The quantitative estimate of drug-likeness (QED) is 0.194. The molecule has 0 spiro atoms. The van der Waals surface area contributed by atoms with Gasteiger partial charge in [0.15, 0.2) is 0 Å². The van der Waals surface area contributed by atoms with Gasteiger partial charge in [0, 0.05) is 20.3 Å². The molecule has 0 atom stereocenters. The fourth-order valence-corrected chi connectivity index (χ4v) is 4.84. The van der Waals surface area contributed by atoms with Gasteiger partial charge in [0.05, 0.1) is 27.0 Å². The highest BCUT2D eigenvalue weighted by atomic mass is 127. The van der Waals surface area contributed by atoms with E-state index in [0.717, 1.165) is 30.9 Å². The Labute approximate surface area is 214 Å². The first-order valence-electron chi connectivity index (χ1n) is 9.29. The van der Waals surface area contributed by atoms with Gasteiger partial charge >= 0.3 is 6.18 Å². The standard InChI is InChI=1S/C23H14F3I2N3O2/c24-23(25,26)18-7-3-6-14(8-18)22(32)31-30-12-17-9-19(27)10-20(28)21(17)33-13-16-5-2-1-4-15(16)11-29/h1-10,12H,13H2,(H,31,32)/b30-12-. The Bertz CT molecular complexity index is 1250.